The molecule has 0 bridgehead atoms. The third-order valence-corrected chi connectivity index (χ3v) is 6.26. The molecular weight excluding hydrogens is 482 g/mol. The summed E-state index contributed by atoms with van der Waals surface area (Å²) in [4.78, 5) is 31.4. The minimum absolute atomic E-state index is 0.0526. The van der Waals surface area contributed by atoms with Crippen LogP contribution < -0.4 is 10.6 Å². The zero-order valence-electron chi connectivity index (χ0n) is 22.5. The summed E-state index contributed by atoms with van der Waals surface area (Å²) in [6.45, 7) is 17.1. The second kappa shape index (κ2) is 10.2. The van der Waals surface area contributed by atoms with Gasteiger partial charge in [-0.05, 0) is 51.7 Å². The number of benzene rings is 1. The Morgan fingerprint density at radius 3 is 2.39 bits per heavy atom. The molecule has 0 atom stereocenters. The second-order valence-corrected chi connectivity index (χ2v) is 11.6. The topological polar surface area (TPSA) is 109 Å². The fraction of sp³-hybridized carbons (Fsp3) is 0.577. The van der Waals surface area contributed by atoms with E-state index in [2.05, 4.69) is 36.4 Å². The van der Waals surface area contributed by atoms with Crippen LogP contribution in [-0.2, 0) is 23.2 Å². The van der Waals surface area contributed by atoms with E-state index >= 15 is 0 Å². The summed E-state index contributed by atoms with van der Waals surface area (Å²) in [6.07, 6.45) is -0.379. The first-order chi connectivity index (χ1) is 16.6. The monoisotopic (exact) mass is 519 g/mol. The van der Waals surface area contributed by atoms with E-state index in [9.17, 15) is 14.7 Å². The Bertz CT molecular complexity index is 1140. The number of carbonyl (C=O) groups is 2. The first kappa shape index (κ1) is 27.6. The molecule has 3 rings (SSSR count). The number of imidazole rings is 1. The van der Waals surface area contributed by atoms with Gasteiger partial charge in [0.15, 0.2) is 0 Å². The van der Waals surface area contributed by atoms with Crippen molar-refractivity contribution in [2.24, 2.45) is 0 Å². The molecule has 36 heavy (non-hydrogen) atoms. The van der Waals surface area contributed by atoms with Gasteiger partial charge in [0, 0.05) is 30.7 Å². The lowest BCUT2D eigenvalue weighted by molar-refractivity contribution is 0.00528. The summed E-state index contributed by atoms with van der Waals surface area (Å²) >= 11 is 6.35. The van der Waals surface area contributed by atoms with E-state index in [1.165, 1.54) is 0 Å². The number of aryl methyl sites for hydroxylation is 1. The van der Waals surface area contributed by atoms with Crippen LogP contribution in [0.15, 0.2) is 12.1 Å². The highest BCUT2D eigenvalue weighted by molar-refractivity contribution is 6.31. The molecule has 1 aliphatic heterocycles. The van der Waals surface area contributed by atoms with Crippen LogP contribution in [0.4, 0.5) is 10.5 Å². The fourth-order valence-electron chi connectivity index (χ4n) is 4.15. The number of hydrogen-bond acceptors (Lipinski definition) is 6. The van der Waals surface area contributed by atoms with E-state index in [1.54, 1.807) is 17.9 Å². The first-order valence-corrected chi connectivity index (χ1v) is 12.6. The van der Waals surface area contributed by atoms with Crippen molar-refractivity contribution in [2.75, 3.05) is 18.4 Å². The van der Waals surface area contributed by atoms with Gasteiger partial charge in [-0.3, -0.25) is 4.79 Å². The average molecular weight is 520 g/mol. The van der Waals surface area contributed by atoms with E-state index < -0.39 is 5.60 Å². The van der Waals surface area contributed by atoms with Crippen LogP contribution in [0, 0.1) is 6.92 Å². The fourth-order valence-corrected chi connectivity index (χ4v) is 4.59. The van der Waals surface area contributed by atoms with Crippen LogP contribution in [0.25, 0.3) is 0 Å². The molecule has 0 radical (unpaired) electrons. The summed E-state index contributed by atoms with van der Waals surface area (Å²) in [5.74, 6) is 0.499. The number of nitrogens with zero attached hydrogens (tertiary/aromatic N) is 3. The maximum Gasteiger partial charge on any atom is 0.410 e. The van der Waals surface area contributed by atoms with Crippen molar-refractivity contribution in [3.05, 3.63) is 39.9 Å². The van der Waals surface area contributed by atoms with E-state index in [-0.39, 0.29) is 29.2 Å². The number of ether oxygens (including phenoxy) is 1. The van der Waals surface area contributed by atoms with Crippen LogP contribution in [0.3, 0.4) is 0 Å². The predicted octanol–water partition coefficient (Wildman–Crippen LogP) is 4.83. The van der Waals surface area contributed by atoms with Crippen LogP contribution in [0.1, 0.15) is 76.0 Å². The van der Waals surface area contributed by atoms with E-state index in [1.807, 2.05) is 38.3 Å². The minimum Gasteiger partial charge on any atom is -0.506 e. The normalized spacial score (nSPS) is 14.4. The van der Waals surface area contributed by atoms with E-state index in [0.29, 0.717) is 54.1 Å². The molecule has 0 spiro atoms. The predicted molar refractivity (Wildman–Crippen MR) is 141 cm³/mol. The number of aromatic hydroxyl groups is 1. The molecule has 2 heterocycles. The zero-order valence-corrected chi connectivity index (χ0v) is 23.2. The van der Waals surface area contributed by atoms with Gasteiger partial charge in [0.2, 0.25) is 0 Å². The highest BCUT2D eigenvalue weighted by Crippen LogP contribution is 2.37. The standard InChI is InChI=1S/C26H38ClN5O4/c1-9-32-21(12-28-19-10-17(25(3,4)5)18(27)11-20(19)33)29-15(2)22(32)23(34)30-16-13-31(14-16)24(35)36-26(6,7)8/h10-11,16,28,33H,9,12-14H2,1-8H3,(H,30,34). The number of phenols is 1. The Morgan fingerprint density at radius 1 is 1.19 bits per heavy atom. The Hall–Kier alpha value is -2.94. The number of nitrogens with one attached hydrogen (secondary N) is 2. The van der Waals surface area contributed by atoms with Gasteiger partial charge in [-0.1, -0.05) is 32.4 Å². The van der Waals surface area contributed by atoms with Gasteiger partial charge >= 0.3 is 6.09 Å². The summed E-state index contributed by atoms with van der Waals surface area (Å²) in [7, 11) is 0. The van der Waals surface area contributed by atoms with Crippen molar-refractivity contribution in [3.8, 4) is 5.75 Å². The molecule has 3 N–H and O–H groups in total. The molecule has 1 fully saturated rings. The summed E-state index contributed by atoms with van der Waals surface area (Å²) in [5, 5.41) is 17.2. The molecule has 0 unspecified atom stereocenters. The molecular formula is C26H38ClN5O4. The quantitative estimate of drug-likeness (QED) is 0.472. The van der Waals surface area contributed by atoms with Crippen LogP contribution in [-0.4, -0.2) is 56.3 Å². The van der Waals surface area contributed by atoms with Crippen molar-refractivity contribution in [3.63, 3.8) is 0 Å². The highest BCUT2D eigenvalue weighted by atomic mass is 35.5. The SMILES string of the molecule is CCn1c(CNc2cc(C(C)(C)C)c(Cl)cc2O)nc(C)c1C(=O)NC1CN(C(=O)OC(C)(C)C)C1. The number of amides is 2. The lowest BCUT2D eigenvalue weighted by Crippen LogP contribution is -2.61. The highest BCUT2D eigenvalue weighted by Gasteiger charge is 2.35. The number of likely N-dealkylation sites (tertiary alicyclic amines) is 1. The third kappa shape index (κ3) is 6.24. The van der Waals surface area contributed by atoms with E-state index in [0.717, 1.165) is 5.56 Å². The van der Waals surface area contributed by atoms with Gasteiger partial charge in [-0.15, -0.1) is 0 Å². The van der Waals surface area contributed by atoms with Gasteiger partial charge in [0.1, 0.15) is 22.9 Å². The zero-order chi connectivity index (χ0) is 27.0. The summed E-state index contributed by atoms with van der Waals surface area (Å²) in [6, 6.07) is 3.25. The Morgan fingerprint density at radius 2 is 1.83 bits per heavy atom. The molecule has 1 saturated heterocycles. The average Bonchev–Trinajstić information content (AvgIpc) is 3.02. The summed E-state index contributed by atoms with van der Waals surface area (Å²) < 4.78 is 7.23. The molecule has 2 amide bonds. The lowest BCUT2D eigenvalue weighted by atomic mass is 9.86. The maximum atomic E-state index is 13.1. The number of rotatable bonds is 6. The first-order valence-electron chi connectivity index (χ1n) is 12.2. The Labute approximate surface area is 218 Å². The smallest absolute Gasteiger partial charge is 0.410 e. The van der Waals surface area contributed by atoms with Gasteiger partial charge in [0.25, 0.3) is 5.91 Å². The number of anilines is 1. The molecule has 2 aromatic rings. The Kier molecular flexibility index (Phi) is 7.83. The number of halogens is 1. The minimum atomic E-state index is -0.558. The second-order valence-electron chi connectivity index (χ2n) is 11.2. The van der Waals surface area contributed by atoms with Crippen LogP contribution in [0.5, 0.6) is 5.75 Å². The maximum absolute atomic E-state index is 13.1. The molecule has 1 aliphatic rings. The van der Waals surface area contributed by atoms with Crippen molar-refractivity contribution in [1.82, 2.24) is 19.8 Å². The van der Waals surface area contributed by atoms with Crippen LogP contribution in [0.2, 0.25) is 5.02 Å². The number of aromatic nitrogens is 2. The number of hydrogen-bond donors (Lipinski definition) is 3. The van der Waals surface area contributed by atoms with Crippen molar-refractivity contribution >= 4 is 29.3 Å². The molecule has 1 aromatic carbocycles. The molecule has 10 heteroatoms. The lowest BCUT2D eigenvalue weighted by Gasteiger charge is -2.40. The molecule has 0 aliphatic carbocycles. The molecule has 198 valence electrons. The van der Waals surface area contributed by atoms with E-state index in [4.69, 9.17) is 16.3 Å². The summed E-state index contributed by atoms with van der Waals surface area (Å²) in [5.41, 5.74) is 1.82. The van der Waals surface area contributed by atoms with Crippen molar-refractivity contribution in [2.45, 2.75) is 85.5 Å². The number of carbonyl (C=O) groups excluding carboxylic acids is 2. The molecule has 1 aromatic heterocycles. The third-order valence-electron chi connectivity index (χ3n) is 5.95. The Balaban J connectivity index is 1.69. The van der Waals surface area contributed by atoms with Gasteiger partial charge in [-0.2, -0.15) is 0 Å². The van der Waals surface area contributed by atoms with Gasteiger partial charge < -0.3 is 29.9 Å². The largest absolute Gasteiger partial charge is 0.506 e. The van der Waals surface area contributed by atoms with Crippen molar-refractivity contribution in [1.29, 1.82) is 0 Å². The number of phenolic OH excluding ortho intramolecular Hbond substituents is 1. The van der Waals surface area contributed by atoms with Crippen molar-refractivity contribution < 1.29 is 19.4 Å². The van der Waals surface area contributed by atoms with Gasteiger partial charge in [0.05, 0.1) is 24.0 Å². The molecule has 0 saturated carbocycles. The van der Waals surface area contributed by atoms with Crippen LogP contribution >= 0.6 is 11.6 Å². The molecule has 9 nitrogen and oxygen atoms in total. The van der Waals surface area contributed by atoms with Gasteiger partial charge in [-0.25, -0.2) is 9.78 Å².